The molecule has 1 saturated heterocycles. The first-order valence-corrected chi connectivity index (χ1v) is 10.8. The van der Waals surface area contributed by atoms with Gasteiger partial charge >= 0.3 is 0 Å². The van der Waals surface area contributed by atoms with Crippen LogP contribution in [0.2, 0.25) is 10.0 Å². The molecule has 9 heteroatoms. The molecule has 3 N–H and O–H groups in total. The van der Waals surface area contributed by atoms with Crippen LogP contribution in [0, 0.1) is 5.92 Å². The molecule has 2 aliphatic heterocycles. The summed E-state index contributed by atoms with van der Waals surface area (Å²) in [6.07, 6.45) is -0.0112. The maximum Gasteiger partial charge on any atom is 0.251 e. The summed E-state index contributed by atoms with van der Waals surface area (Å²) in [4.78, 5) is 24.2. The van der Waals surface area contributed by atoms with Crippen LogP contribution >= 0.6 is 23.2 Å². The van der Waals surface area contributed by atoms with Gasteiger partial charge in [-0.1, -0.05) is 41.4 Å². The zero-order valence-corrected chi connectivity index (χ0v) is 18.2. The van der Waals surface area contributed by atoms with E-state index >= 15 is 0 Å². The van der Waals surface area contributed by atoms with Crippen LogP contribution in [0.4, 0.5) is 0 Å². The Hall–Kier alpha value is -2.45. The SMILES string of the molecule is O=C1CC(c2cccc(C(=O)NC[C@@H]3CNCCO[C@H]3c3ccc(Cl)c(Cl)c3)c2)=NN1. The van der Waals surface area contributed by atoms with Gasteiger partial charge in [0.1, 0.15) is 0 Å². The number of hydrazone groups is 1. The molecule has 0 bridgehead atoms. The van der Waals surface area contributed by atoms with Crippen LogP contribution in [0.5, 0.6) is 0 Å². The lowest BCUT2D eigenvalue weighted by Crippen LogP contribution is -2.36. The van der Waals surface area contributed by atoms with E-state index < -0.39 is 0 Å². The highest BCUT2D eigenvalue weighted by Crippen LogP contribution is 2.32. The van der Waals surface area contributed by atoms with Crippen molar-refractivity contribution < 1.29 is 14.3 Å². The number of ether oxygens (including phenoxy) is 1. The molecule has 162 valence electrons. The van der Waals surface area contributed by atoms with E-state index in [9.17, 15) is 9.59 Å². The summed E-state index contributed by atoms with van der Waals surface area (Å²) in [5.41, 5.74) is 5.24. The Kier molecular flexibility index (Phi) is 6.87. The fraction of sp³-hybridized carbons (Fsp3) is 0.318. The number of amides is 2. The fourth-order valence-corrected chi connectivity index (χ4v) is 4.03. The zero-order chi connectivity index (χ0) is 21.8. The van der Waals surface area contributed by atoms with Crippen LogP contribution in [-0.4, -0.2) is 43.8 Å². The molecule has 0 aromatic heterocycles. The van der Waals surface area contributed by atoms with E-state index in [0.717, 1.165) is 17.7 Å². The molecular weight excluding hydrogens is 439 g/mol. The van der Waals surface area contributed by atoms with E-state index in [4.69, 9.17) is 27.9 Å². The number of halogens is 2. The number of nitrogens with zero attached hydrogens (tertiary/aromatic N) is 1. The largest absolute Gasteiger partial charge is 0.372 e. The maximum absolute atomic E-state index is 12.8. The summed E-state index contributed by atoms with van der Waals surface area (Å²) in [6, 6.07) is 12.6. The second kappa shape index (κ2) is 9.78. The summed E-state index contributed by atoms with van der Waals surface area (Å²) in [5.74, 6) is -0.344. The average Bonchev–Trinajstić information content (AvgIpc) is 3.07. The molecule has 0 saturated carbocycles. The van der Waals surface area contributed by atoms with Crippen LogP contribution in [0.3, 0.4) is 0 Å². The van der Waals surface area contributed by atoms with Gasteiger partial charge in [-0.05, 0) is 35.4 Å². The number of hydrogen-bond acceptors (Lipinski definition) is 5. The van der Waals surface area contributed by atoms with Gasteiger partial charge in [0.2, 0.25) is 5.91 Å². The van der Waals surface area contributed by atoms with Crippen LogP contribution in [-0.2, 0) is 9.53 Å². The van der Waals surface area contributed by atoms with Gasteiger partial charge in [0.15, 0.2) is 0 Å². The molecule has 31 heavy (non-hydrogen) atoms. The predicted molar refractivity (Wildman–Crippen MR) is 120 cm³/mol. The van der Waals surface area contributed by atoms with E-state index in [1.165, 1.54) is 0 Å². The van der Waals surface area contributed by atoms with Crippen molar-refractivity contribution in [3.05, 3.63) is 69.2 Å². The summed E-state index contributed by atoms with van der Waals surface area (Å²) in [6.45, 7) is 2.41. The number of rotatable bonds is 5. The number of carbonyl (C=O) groups excluding carboxylic acids is 2. The molecule has 2 amide bonds. The Balaban J connectivity index is 1.45. The fourth-order valence-electron chi connectivity index (χ4n) is 3.72. The third kappa shape index (κ3) is 5.25. The molecule has 4 rings (SSSR count). The zero-order valence-electron chi connectivity index (χ0n) is 16.7. The van der Waals surface area contributed by atoms with Crippen molar-refractivity contribution in [3.63, 3.8) is 0 Å². The van der Waals surface area contributed by atoms with E-state index in [2.05, 4.69) is 21.2 Å². The second-order valence-electron chi connectivity index (χ2n) is 7.49. The van der Waals surface area contributed by atoms with Gasteiger partial charge < -0.3 is 15.4 Å². The lowest BCUT2D eigenvalue weighted by molar-refractivity contribution is -0.119. The lowest BCUT2D eigenvalue weighted by Gasteiger charge is -2.25. The molecule has 2 heterocycles. The number of benzene rings is 2. The highest BCUT2D eigenvalue weighted by Gasteiger charge is 2.27. The minimum Gasteiger partial charge on any atom is -0.372 e. The molecule has 0 unspecified atom stereocenters. The molecule has 2 atom stereocenters. The van der Waals surface area contributed by atoms with Crippen LogP contribution in [0.1, 0.15) is 34.0 Å². The summed E-state index contributed by atoms with van der Waals surface area (Å²) in [7, 11) is 0. The Labute approximate surface area is 190 Å². The van der Waals surface area contributed by atoms with Gasteiger partial charge in [-0.25, -0.2) is 5.43 Å². The molecule has 2 aromatic rings. The van der Waals surface area contributed by atoms with Crippen molar-refractivity contribution in [2.24, 2.45) is 11.0 Å². The average molecular weight is 461 g/mol. The first kappa shape index (κ1) is 21.8. The van der Waals surface area contributed by atoms with Gasteiger partial charge in [-0.2, -0.15) is 5.10 Å². The third-order valence-electron chi connectivity index (χ3n) is 5.31. The maximum atomic E-state index is 12.8. The molecule has 1 fully saturated rings. The van der Waals surface area contributed by atoms with Crippen molar-refractivity contribution in [2.75, 3.05) is 26.2 Å². The van der Waals surface area contributed by atoms with Crippen molar-refractivity contribution >= 4 is 40.7 Å². The number of carbonyl (C=O) groups is 2. The Morgan fingerprint density at radius 2 is 2.06 bits per heavy atom. The molecule has 0 spiro atoms. The predicted octanol–water partition coefficient (Wildman–Crippen LogP) is 2.92. The Morgan fingerprint density at radius 1 is 1.19 bits per heavy atom. The second-order valence-corrected chi connectivity index (χ2v) is 8.30. The van der Waals surface area contributed by atoms with E-state index in [-0.39, 0.29) is 30.3 Å². The Morgan fingerprint density at radius 3 is 2.84 bits per heavy atom. The van der Waals surface area contributed by atoms with Gasteiger partial charge in [0, 0.05) is 31.1 Å². The van der Waals surface area contributed by atoms with E-state index in [1.54, 1.807) is 24.3 Å². The standard InChI is InChI=1S/C22H22Cl2N4O3/c23-17-5-4-14(9-18(17)24)21-16(11-25-6-7-31-21)12-26-22(30)15-3-1-2-13(8-15)19-10-20(29)28-27-19/h1-5,8-9,16,21,25H,6-7,10-12H2,(H,26,30)(H,28,29)/t16-,21-/m0/s1. The summed E-state index contributed by atoms with van der Waals surface area (Å²) < 4.78 is 6.06. The summed E-state index contributed by atoms with van der Waals surface area (Å²) >= 11 is 12.3. The third-order valence-corrected chi connectivity index (χ3v) is 6.05. The van der Waals surface area contributed by atoms with Crippen molar-refractivity contribution in [1.29, 1.82) is 0 Å². The van der Waals surface area contributed by atoms with E-state index in [1.807, 2.05) is 18.2 Å². The molecule has 7 nitrogen and oxygen atoms in total. The lowest BCUT2D eigenvalue weighted by atomic mass is 9.95. The van der Waals surface area contributed by atoms with Gasteiger partial charge in [-0.3, -0.25) is 9.59 Å². The van der Waals surface area contributed by atoms with Gasteiger partial charge in [0.05, 0.1) is 34.9 Å². The van der Waals surface area contributed by atoms with Crippen LogP contribution in [0.25, 0.3) is 0 Å². The Bertz CT molecular complexity index is 1030. The number of nitrogens with one attached hydrogen (secondary N) is 3. The van der Waals surface area contributed by atoms with Crippen molar-refractivity contribution in [2.45, 2.75) is 12.5 Å². The van der Waals surface area contributed by atoms with E-state index in [0.29, 0.717) is 41.0 Å². The highest BCUT2D eigenvalue weighted by molar-refractivity contribution is 6.42. The van der Waals surface area contributed by atoms with Crippen molar-refractivity contribution in [3.8, 4) is 0 Å². The molecular formula is C22H22Cl2N4O3. The topological polar surface area (TPSA) is 91.8 Å². The monoisotopic (exact) mass is 460 g/mol. The van der Waals surface area contributed by atoms with Gasteiger partial charge in [-0.15, -0.1) is 0 Å². The smallest absolute Gasteiger partial charge is 0.251 e. The molecule has 2 aliphatic rings. The highest BCUT2D eigenvalue weighted by atomic mass is 35.5. The molecule has 0 aliphatic carbocycles. The first-order chi connectivity index (χ1) is 15.0. The first-order valence-electron chi connectivity index (χ1n) is 10.0. The van der Waals surface area contributed by atoms with Crippen LogP contribution < -0.4 is 16.1 Å². The number of hydrogen-bond donors (Lipinski definition) is 3. The normalized spacial score (nSPS) is 21.2. The van der Waals surface area contributed by atoms with Gasteiger partial charge in [0.25, 0.3) is 5.91 Å². The minimum absolute atomic E-state index is 0.00732. The summed E-state index contributed by atoms with van der Waals surface area (Å²) in [5, 5.41) is 11.3. The molecule has 0 radical (unpaired) electrons. The van der Waals surface area contributed by atoms with Crippen molar-refractivity contribution in [1.82, 2.24) is 16.1 Å². The quantitative estimate of drug-likeness (QED) is 0.639. The van der Waals surface area contributed by atoms with Crippen LogP contribution in [0.15, 0.2) is 47.6 Å². The molecule has 2 aromatic carbocycles. The minimum atomic E-state index is -0.221.